The van der Waals surface area contributed by atoms with Gasteiger partial charge in [-0.15, -0.1) is 0 Å². The first kappa shape index (κ1) is 14.1. The van der Waals surface area contributed by atoms with E-state index >= 15 is 0 Å². The lowest BCUT2D eigenvalue weighted by Gasteiger charge is -2.30. The predicted molar refractivity (Wildman–Crippen MR) is 81.7 cm³/mol. The van der Waals surface area contributed by atoms with Gasteiger partial charge in [0.1, 0.15) is 12.3 Å². The van der Waals surface area contributed by atoms with E-state index in [1.807, 2.05) is 13.0 Å². The number of rotatable bonds is 2. The van der Waals surface area contributed by atoms with Crippen molar-refractivity contribution in [1.82, 2.24) is 0 Å². The number of quaternary nitrogens is 1. The Bertz CT molecular complexity index is 720. The Kier molecular flexibility index (Phi) is 3.72. The highest BCUT2D eigenvalue weighted by molar-refractivity contribution is 5.84. The zero-order valence-corrected chi connectivity index (χ0v) is 12.6. The maximum Gasteiger partial charge on any atom is 0.336 e. The van der Waals surface area contributed by atoms with Crippen LogP contribution in [-0.4, -0.2) is 17.7 Å². The molecule has 1 unspecified atom stereocenters. The summed E-state index contributed by atoms with van der Waals surface area (Å²) >= 11 is 0. The fourth-order valence-corrected chi connectivity index (χ4v) is 3.34. The van der Waals surface area contributed by atoms with E-state index in [0.29, 0.717) is 18.2 Å². The van der Waals surface area contributed by atoms with Crippen LogP contribution in [0.1, 0.15) is 37.3 Å². The highest BCUT2D eigenvalue weighted by Crippen LogP contribution is 2.27. The Morgan fingerprint density at radius 2 is 2.19 bits per heavy atom. The monoisotopic (exact) mass is 288 g/mol. The van der Waals surface area contributed by atoms with Crippen molar-refractivity contribution in [1.29, 1.82) is 0 Å². The molecule has 1 aliphatic heterocycles. The van der Waals surface area contributed by atoms with Gasteiger partial charge in [0.15, 0.2) is 5.58 Å². The Morgan fingerprint density at radius 1 is 1.38 bits per heavy atom. The van der Waals surface area contributed by atoms with Crippen molar-refractivity contribution in [3.63, 3.8) is 0 Å². The van der Waals surface area contributed by atoms with Crippen LogP contribution in [0.25, 0.3) is 11.0 Å². The SMILES string of the molecule is Cc1cc(=O)oc2c(C[NH+]3CCCC[C@H]3C)c(O)ccc12. The maximum atomic E-state index is 11.7. The van der Waals surface area contributed by atoms with Gasteiger partial charge in [0.05, 0.1) is 18.2 Å². The summed E-state index contributed by atoms with van der Waals surface area (Å²) in [5.74, 6) is 0.224. The molecule has 2 heterocycles. The van der Waals surface area contributed by atoms with E-state index in [0.717, 1.165) is 23.1 Å². The van der Waals surface area contributed by atoms with Crippen molar-refractivity contribution < 1.29 is 14.4 Å². The summed E-state index contributed by atoms with van der Waals surface area (Å²) in [4.78, 5) is 13.1. The molecule has 0 amide bonds. The molecule has 21 heavy (non-hydrogen) atoms. The summed E-state index contributed by atoms with van der Waals surface area (Å²) in [6.45, 7) is 5.96. The molecule has 0 bridgehead atoms. The van der Waals surface area contributed by atoms with Gasteiger partial charge in [0.25, 0.3) is 0 Å². The van der Waals surface area contributed by atoms with Gasteiger partial charge in [-0.1, -0.05) is 0 Å². The Morgan fingerprint density at radius 3 is 2.95 bits per heavy atom. The first-order valence-electron chi connectivity index (χ1n) is 7.66. The lowest BCUT2D eigenvalue weighted by Crippen LogP contribution is -3.14. The Balaban J connectivity index is 2.08. The molecule has 4 nitrogen and oxygen atoms in total. The third-order valence-electron chi connectivity index (χ3n) is 4.68. The molecule has 112 valence electrons. The summed E-state index contributed by atoms with van der Waals surface area (Å²) in [6, 6.07) is 5.60. The molecule has 0 aliphatic carbocycles. The summed E-state index contributed by atoms with van der Waals surface area (Å²) in [6.07, 6.45) is 3.71. The summed E-state index contributed by atoms with van der Waals surface area (Å²) in [5, 5.41) is 11.1. The topological polar surface area (TPSA) is 54.9 Å². The minimum absolute atomic E-state index is 0.224. The fourth-order valence-electron chi connectivity index (χ4n) is 3.34. The standard InChI is InChI=1S/C17H21NO3/c1-11-9-16(20)21-17-13(11)6-7-15(19)14(17)10-18-8-4-3-5-12(18)2/h6-7,9,12,19H,3-5,8,10H2,1-2H3/p+1/t12-/m1/s1. The highest BCUT2D eigenvalue weighted by atomic mass is 16.4. The van der Waals surface area contributed by atoms with E-state index in [-0.39, 0.29) is 11.4 Å². The second-order valence-corrected chi connectivity index (χ2v) is 6.17. The van der Waals surface area contributed by atoms with E-state index in [4.69, 9.17) is 4.42 Å². The normalized spacial score (nSPS) is 22.6. The van der Waals surface area contributed by atoms with E-state index in [1.54, 1.807) is 6.07 Å². The van der Waals surface area contributed by atoms with Gasteiger partial charge in [0.2, 0.25) is 0 Å². The molecule has 3 rings (SSSR count). The number of phenolic OH excluding ortho intramolecular Hbond substituents is 1. The van der Waals surface area contributed by atoms with Gasteiger partial charge < -0.3 is 14.4 Å². The molecule has 2 atom stereocenters. The average molecular weight is 288 g/mol. The number of phenols is 1. The Labute approximate surface area is 124 Å². The quantitative estimate of drug-likeness (QED) is 0.828. The van der Waals surface area contributed by atoms with Crippen molar-refractivity contribution in [3.8, 4) is 5.75 Å². The Hall–Kier alpha value is -1.81. The van der Waals surface area contributed by atoms with Crippen LogP contribution in [0.4, 0.5) is 0 Å². The number of aryl methyl sites for hydroxylation is 1. The number of hydrogen-bond donors (Lipinski definition) is 2. The van der Waals surface area contributed by atoms with Crippen molar-refractivity contribution in [2.45, 2.75) is 45.7 Å². The summed E-state index contributed by atoms with van der Waals surface area (Å²) < 4.78 is 5.40. The smallest absolute Gasteiger partial charge is 0.336 e. The summed E-state index contributed by atoms with van der Waals surface area (Å²) in [7, 11) is 0. The summed E-state index contributed by atoms with van der Waals surface area (Å²) in [5.41, 5.74) is 1.85. The molecular formula is C17H22NO3+. The van der Waals surface area contributed by atoms with Gasteiger partial charge in [-0.2, -0.15) is 0 Å². The zero-order chi connectivity index (χ0) is 15.0. The predicted octanol–water partition coefficient (Wildman–Crippen LogP) is 1.76. The number of benzene rings is 1. The largest absolute Gasteiger partial charge is 0.507 e. The number of aromatic hydroxyl groups is 1. The van der Waals surface area contributed by atoms with Gasteiger partial charge in [-0.3, -0.25) is 0 Å². The van der Waals surface area contributed by atoms with Crippen molar-refractivity contribution in [2.75, 3.05) is 6.54 Å². The zero-order valence-electron chi connectivity index (χ0n) is 12.6. The highest BCUT2D eigenvalue weighted by Gasteiger charge is 2.25. The molecule has 0 spiro atoms. The fraction of sp³-hybridized carbons (Fsp3) is 0.471. The molecule has 2 N–H and O–H groups in total. The molecular weight excluding hydrogens is 266 g/mol. The number of nitrogens with one attached hydrogen (secondary N) is 1. The molecule has 1 aromatic heterocycles. The van der Waals surface area contributed by atoms with Crippen LogP contribution < -0.4 is 10.5 Å². The molecule has 1 aromatic carbocycles. The molecule has 1 aliphatic rings. The van der Waals surface area contributed by atoms with Crippen LogP contribution in [0.5, 0.6) is 5.75 Å². The van der Waals surface area contributed by atoms with Crippen LogP contribution >= 0.6 is 0 Å². The number of fused-ring (bicyclic) bond motifs is 1. The van der Waals surface area contributed by atoms with E-state index < -0.39 is 0 Å². The number of piperidine rings is 1. The first-order valence-corrected chi connectivity index (χ1v) is 7.66. The van der Waals surface area contributed by atoms with Crippen LogP contribution in [0, 0.1) is 6.92 Å². The average Bonchev–Trinajstić information content (AvgIpc) is 2.44. The third kappa shape index (κ3) is 2.68. The molecule has 0 saturated carbocycles. The second kappa shape index (κ2) is 5.53. The number of likely N-dealkylation sites (tertiary alicyclic amines) is 1. The molecule has 1 saturated heterocycles. The lowest BCUT2D eigenvalue weighted by molar-refractivity contribution is -0.941. The van der Waals surface area contributed by atoms with Crippen LogP contribution in [0.3, 0.4) is 0 Å². The minimum Gasteiger partial charge on any atom is -0.507 e. The van der Waals surface area contributed by atoms with Gasteiger partial charge in [-0.05, 0) is 50.8 Å². The first-order chi connectivity index (χ1) is 10.1. The molecule has 4 heteroatoms. The van der Waals surface area contributed by atoms with Gasteiger partial charge in [-0.25, -0.2) is 4.79 Å². The minimum atomic E-state index is -0.353. The van der Waals surface area contributed by atoms with Gasteiger partial charge >= 0.3 is 5.63 Å². The van der Waals surface area contributed by atoms with E-state index in [9.17, 15) is 9.90 Å². The van der Waals surface area contributed by atoms with E-state index in [1.165, 1.54) is 30.2 Å². The van der Waals surface area contributed by atoms with Crippen LogP contribution in [0.15, 0.2) is 27.4 Å². The molecule has 1 fully saturated rings. The number of hydrogen-bond acceptors (Lipinski definition) is 3. The van der Waals surface area contributed by atoms with Crippen molar-refractivity contribution >= 4 is 11.0 Å². The third-order valence-corrected chi connectivity index (χ3v) is 4.68. The van der Waals surface area contributed by atoms with Crippen LogP contribution in [-0.2, 0) is 6.54 Å². The molecule has 2 aromatic rings. The van der Waals surface area contributed by atoms with Crippen molar-refractivity contribution in [3.05, 3.63) is 39.7 Å². The van der Waals surface area contributed by atoms with E-state index in [2.05, 4.69) is 6.92 Å². The van der Waals surface area contributed by atoms with Crippen molar-refractivity contribution in [2.24, 2.45) is 0 Å². The van der Waals surface area contributed by atoms with Crippen LogP contribution in [0.2, 0.25) is 0 Å². The maximum absolute atomic E-state index is 11.7. The lowest BCUT2D eigenvalue weighted by atomic mass is 10.0. The molecule has 0 radical (unpaired) electrons. The second-order valence-electron chi connectivity index (χ2n) is 6.17. The van der Waals surface area contributed by atoms with Gasteiger partial charge in [0, 0.05) is 11.5 Å².